The maximum atomic E-state index is 10.1. The number of carbonyl (C=O) groups excluding carboxylic acids is 1. The van der Waals surface area contributed by atoms with Gasteiger partial charge in [-0.25, -0.2) is 4.79 Å². The van der Waals surface area contributed by atoms with Gasteiger partial charge in [0.15, 0.2) is 0 Å². The summed E-state index contributed by atoms with van der Waals surface area (Å²) in [5.74, 6) is 0. The SMILES string of the molecule is O=C=Nc1ccc(Cl)c2cn[nH]c12. The van der Waals surface area contributed by atoms with Gasteiger partial charge >= 0.3 is 0 Å². The molecule has 0 fully saturated rings. The number of hydrogen-bond donors (Lipinski definition) is 1. The van der Waals surface area contributed by atoms with E-state index in [0.717, 1.165) is 5.39 Å². The number of rotatable bonds is 1. The second-order valence-corrected chi connectivity index (χ2v) is 2.84. The number of isocyanates is 1. The molecule has 0 aliphatic heterocycles. The fourth-order valence-corrected chi connectivity index (χ4v) is 1.34. The summed E-state index contributed by atoms with van der Waals surface area (Å²) < 4.78 is 0. The Hall–Kier alpha value is -1.64. The van der Waals surface area contributed by atoms with Crippen LogP contribution in [0.1, 0.15) is 0 Å². The van der Waals surface area contributed by atoms with Crippen molar-refractivity contribution < 1.29 is 4.79 Å². The smallest absolute Gasteiger partial charge is 0.240 e. The zero-order valence-electron chi connectivity index (χ0n) is 6.41. The van der Waals surface area contributed by atoms with E-state index < -0.39 is 0 Å². The summed E-state index contributed by atoms with van der Waals surface area (Å²) in [6.45, 7) is 0. The number of H-pyrrole nitrogens is 1. The first-order valence-electron chi connectivity index (χ1n) is 3.52. The van der Waals surface area contributed by atoms with E-state index >= 15 is 0 Å². The van der Waals surface area contributed by atoms with E-state index in [1.165, 1.54) is 6.08 Å². The van der Waals surface area contributed by atoms with Crippen molar-refractivity contribution in [3.05, 3.63) is 23.4 Å². The number of fused-ring (bicyclic) bond motifs is 1. The van der Waals surface area contributed by atoms with Crippen LogP contribution < -0.4 is 0 Å². The van der Waals surface area contributed by atoms with Crippen molar-refractivity contribution in [3.8, 4) is 0 Å². The lowest BCUT2D eigenvalue weighted by molar-refractivity contribution is 0.565. The van der Waals surface area contributed by atoms with Crippen LogP contribution in [0, 0.1) is 0 Å². The third kappa shape index (κ3) is 1.22. The first-order valence-corrected chi connectivity index (χ1v) is 3.90. The first kappa shape index (κ1) is 7.98. The molecule has 4 nitrogen and oxygen atoms in total. The molecule has 0 amide bonds. The third-order valence-electron chi connectivity index (χ3n) is 1.71. The van der Waals surface area contributed by atoms with E-state index in [1.54, 1.807) is 18.3 Å². The Morgan fingerprint density at radius 2 is 2.38 bits per heavy atom. The molecule has 0 spiro atoms. The second-order valence-electron chi connectivity index (χ2n) is 2.43. The van der Waals surface area contributed by atoms with Crippen LogP contribution in [-0.2, 0) is 4.79 Å². The molecule has 0 saturated heterocycles. The fourth-order valence-electron chi connectivity index (χ4n) is 1.13. The quantitative estimate of drug-likeness (QED) is 0.558. The molecule has 0 unspecified atom stereocenters. The average molecular weight is 194 g/mol. The Bertz CT molecular complexity index is 499. The highest BCUT2D eigenvalue weighted by atomic mass is 35.5. The molecule has 1 heterocycles. The first-order chi connectivity index (χ1) is 6.33. The van der Waals surface area contributed by atoms with E-state index in [-0.39, 0.29) is 0 Å². The Morgan fingerprint density at radius 3 is 3.15 bits per heavy atom. The molecule has 2 aromatic rings. The van der Waals surface area contributed by atoms with Crippen LogP contribution in [-0.4, -0.2) is 16.3 Å². The van der Waals surface area contributed by atoms with Gasteiger partial charge in [-0.15, -0.1) is 0 Å². The molecule has 2 rings (SSSR count). The number of nitrogens with one attached hydrogen (secondary N) is 1. The van der Waals surface area contributed by atoms with Gasteiger partial charge in [-0.3, -0.25) is 5.10 Å². The van der Waals surface area contributed by atoms with Crippen molar-refractivity contribution >= 4 is 34.3 Å². The van der Waals surface area contributed by atoms with E-state index in [4.69, 9.17) is 11.6 Å². The molecule has 64 valence electrons. The van der Waals surface area contributed by atoms with Gasteiger partial charge in [-0.1, -0.05) is 11.6 Å². The number of benzene rings is 1. The molecule has 1 N–H and O–H groups in total. The van der Waals surface area contributed by atoms with Crippen molar-refractivity contribution in [2.24, 2.45) is 4.99 Å². The standard InChI is InChI=1S/C8H4ClN3O/c9-6-1-2-7(10-4-13)8-5(6)3-11-12-8/h1-3H,(H,11,12). The van der Waals surface area contributed by atoms with Crippen LogP contribution >= 0.6 is 11.6 Å². The summed E-state index contributed by atoms with van der Waals surface area (Å²) in [4.78, 5) is 13.6. The van der Waals surface area contributed by atoms with Crippen LogP contribution in [0.25, 0.3) is 10.9 Å². The van der Waals surface area contributed by atoms with Gasteiger partial charge in [-0.2, -0.15) is 10.1 Å². The number of hydrogen-bond acceptors (Lipinski definition) is 3. The van der Waals surface area contributed by atoms with Gasteiger partial charge in [-0.05, 0) is 12.1 Å². The topological polar surface area (TPSA) is 58.1 Å². The summed E-state index contributed by atoms with van der Waals surface area (Å²) in [5.41, 5.74) is 1.14. The lowest BCUT2D eigenvalue weighted by atomic mass is 10.2. The summed E-state index contributed by atoms with van der Waals surface area (Å²) in [6, 6.07) is 3.29. The van der Waals surface area contributed by atoms with Crippen LogP contribution in [0.4, 0.5) is 5.69 Å². The van der Waals surface area contributed by atoms with Crippen molar-refractivity contribution in [1.29, 1.82) is 0 Å². The minimum Gasteiger partial charge on any atom is -0.276 e. The number of aromatic amines is 1. The minimum atomic E-state index is 0.493. The molecule has 0 aliphatic carbocycles. The van der Waals surface area contributed by atoms with Gasteiger partial charge in [0.05, 0.1) is 16.7 Å². The monoisotopic (exact) mass is 193 g/mol. The zero-order valence-corrected chi connectivity index (χ0v) is 7.17. The summed E-state index contributed by atoms with van der Waals surface area (Å²) >= 11 is 5.87. The maximum absolute atomic E-state index is 10.1. The summed E-state index contributed by atoms with van der Waals surface area (Å²) in [7, 11) is 0. The highest BCUT2D eigenvalue weighted by molar-refractivity contribution is 6.35. The van der Waals surface area contributed by atoms with E-state index in [9.17, 15) is 4.79 Å². The van der Waals surface area contributed by atoms with Crippen molar-refractivity contribution in [2.75, 3.05) is 0 Å². The van der Waals surface area contributed by atoms with Gasteiger partial charge in [0.2, 0.25) is 6.08 Å². The largest absolute Gasteiger partial charge is 0.276 e. The molecule has 1 aromatic heterocycles. The predicted molar refractivity (Wildman–Crippen MR) is 48.9 cm³/mol. The molecule has 0 atom stereocenters. The van der Waals surface area contributed by atoms with Crippen molar-refractivity contribution in [2.45, 2.75) is 0 Å². The van der Waals surface area contributed by atoms with E-state index in [2.05, 4.69) is 15.2 Å². The predicted octanol–water partition coefficient (Wildman–Crippen LogP) is 2.18. The molecular weight excluding hydrogens is 190 g/mol. The maximum Gasteiger partial charge on any atom is 0.240 e. The lowest BCUT2D eigenvalue weighted by Crippen LogP contribution is -1.72. The third-order valence-corrected chi connectivity index (χ3v) is 2.04. The van der Waals surface area contributed by atoms with E-state index in [0.29, 0.717) is 16.2 Å². The number of halogens is 1. The van der Waals surface area contributed by atoms with Crippen LogP contribution in [0.5, 0.6) is 0 Å². The fraction of sp³-hybridized carbons (Fsp3) is 0. The van der Waals surface area contributed by atoms with Gasteiger partial charge in [0.25, 0.3) is 0 Å². The van der Waals surface area contributed by atoms with Crippen LogP contribution in [0.3, 0.4) is 0 Å². The molecular formula is C8H4ClN3O. The highest BCUT2D eigenvalue weighted by Crippen LogP contribution is 2.29. The average Bonchev–Trinajstić information content (AvgIpc) is 2.59. The minimum absolute atomic E-state index is 0.493. The van der Waals surface area contributed by atoms with Crippen molar-refractivity contribution in [3.63, 3.8) is 0 Å². The van der Waals surface area contributed by atoms with Gasteiger partial charge < -0.3 is 0 Å². The second kappa shape index (κ2) is 3.01. The molecule has 1 aromatic carbocycles. The molecule has 13 heavy (non-hydrogen) atoms. The molecule has 0 saturated carbocycles. The molecule has 0 bridgehead atoms. The number of nitrogens with zero attached hydrogens (tertiary/aromatic N) is 2. The van der Waals surface area contributed by atoms with Crippen molar-refractivity contribution in [1.82, 2.24) is 10.2 Å². The molecule has 5 heteroatoms. The number of aromatic nitrogens is 2. The Labute approximate surface area is 78.2 Å². The van der Waals surface area contributed by atoms with E-state index in [1.807, 2.05) is 0 Å². The van der Waals surface area contributed by atoms with Crippen LogP contribution in [0.15, 0.2) is 23.3 Å². The number of aliphatic imine (C=N–C) groups is 1. The van der Waals surface area contributed by atoms with Gasteiger partial charge in [0, 0.05) is 5.39 Å². The lowest BCUT2D eigenvalue weighted by Gasteiger charge is -1.94. The molecule has 0 radical (unpaired) electrons. The Kier molecular flexibility index (Phi) is 1.85. The molecule has 0 aliphatic rings. The Morgan fingerprint density at radius 1 is 1.54 bits per heavy atom. The summed E-state index contributed by atoms with van der Waals surface area (Å²) in [5, 5.41) is 7.84. The Balaban J connectivity index is 2.85. The summed E-state index contributed by atoms with van der Waals surface area (Å²) in [6.07, 6.45) is 3.05. The van der Waals surface area contributed by atoms with Crippen LogP contribution in [0.2, 0.25) is 5.02 Å². The normalized spacial score (nSPS) is 9.92. The van der Waals surface area contributed by atoms with Gasteiger partial charge in [0.1, 0.15) is 5.69 Å². The highest BCUT2D eigenvalue weighted by Gasteiger charge is 2.04. The zero-order chi connectivity index (χ0) is 9.26.